The molecule has 1 aliphatic heterocycles. The summed E-state index contributed by atoms with van der Waals surface area (Å²) >= 11 is 1.68. The number of nitrogens with zero attached hydrogens (tertiary/aromatic N) is 2. The van der Waals surface area contributed by atoms with Crippen molar-refractivity contribution >= 4 is 23.2 Å². The number of hydrogen-bond donors (Lipinski definition) is 2. The lowest BCUT2D eigenvalue weighted by atomic mass is 9.85. The Kier molecular flexibility index (Phi) is 8.88. The van der Waals surface area contributed by atoms with Crippen molar-refractivity contribution in [3.63, 3.8) is 0 Å². The average Bonchev–Trinajstić information content (AvgIpc) is 3.15. The van der Waals surface area contributed by atoms with Crippen LogP contribution in [0.2, 0.25) is 0 Å². The van der Waals surface area contributed by atoms with Gasteiger partial charge < -0.3 is 15.4 Å². The maximum absolute atomic E-state index is 12.6. The van der Waals surface area contributed by atoms with E-state index in [0.29, 0.717) is 26.2 Å². The van der Waals surface area contributed by atoms with Gasteiger partial charge in [0.05, 0.1) is 25.7 Å². The zero-order chi connectivity index (χ0) is 20.6. The van der Waals surface area contributed by atoms with Crippen LogP contribution >= 0.6 is 11.3 Å². The van der Waals surface area contributed by atoms with Crippen molar-refractivity contribution in [2.45, 2.75) is 26.8 Å². The first-order chi connectivity index (χ1) is 13.3. The third kappa shape index (κ3) is 7.50. The third-order valence-corrected chi connectivity index (χ3v) is 5.76. The van der Waals surface area contributed by atoms with Crippen LogP contribution in [0.4, 0.5) is 0 Å². The lowest BCUT2D eigenvalue weighted by Crippen LogP contribution is -2.52. The van der Waals surface area contributed by atoms with Crippen LogP contribution in [0.5, 0.6) is 0 Å². The van der Waals surface area contributed by atoms with E-state index in [-0.39, 0.29) is 23.3 Å². The molecular weight excluding hydrogens is 376 g/mol. The van der Waals surface area contributed by atoms with Gasteiger partial charge in [0.1, 0.15) is 0 Å². The molecule has 0 spiro atoms. The molecule has 158 valence electrons. The molecule has 1 atom stereocenters. The smallest absolute Gasteiger partial charge is 0.234 e. The molecule has 0 radical (unpaired) electrons. The van der Waals surface area contributed by atoms with E-state index in [0.717, 1.165) is 26.2 Å². The van der Waals surface area contributed by atoms with Crippen LogP contribution in [0.1, 0.15) is 31.7 Å². The second-order valence-electron chi connectivity index (χ2n) is 8.28. The number of amides is 2. The molecule has 2 amide bonds. The maximum Gasteiger partial charge on any atom is 0.234 e. The molecule has 0 saturated carbocycles. The van der Waals surface area contributed by atoms with Crippen LogP contribution in [-0.2, 0) is 14.3 Å². The molecule has 7 nitrogen and oxygen atoms in total. The minimum Gasteiger partial charge on any atom is -0.383 e. The highest BCUT2D eigenvalue weighted by molar-refractivity contribution is 7.10. The Labute approximate surface area is 172 Å². The highest BCUT2D eigenvalue weighted by atomic mass is 32.1. The Balaban J connectivity index is 1.74. The molecule has 2 rings (SSSR count). The standard InChI is InChI=1S/C20H34N4O3S/c1-20(2,3)19(16-6-5-13-28-16)22-18(26)15-24-10-8-23(9-11-24)14-17(25)21-7-12-27-4/h5-6,13,19H,7-12,14-15H2,1-4H3,(H,21,25)(H,22,26). The molecule has 0 aliphatic carbocycles. The van der Waals surface area contributed by atoms with Gasteiger partial charge in [-0.05, 0) is 16.9 Å². The SMILES string of the molecule is COCCNC(=O)CN1CCN(CC(=O)NC(c2cccs2)C(C)(C)C)CC1. The van der Waals surface area contributed by atoms with E-state index in [2.05, 4.69) is 47.3 Å². The number of methoxy groups -OCH3 is 1. The van der Waals surface area contributed by atoms with Crippen LogP contribution in [0.15, 0.2) is 17.5 Å². The van der Waals surface area contributed by atoms with E-state index < -0.39 is 0 Å². The van der Waals surface area contributed by atoms with Crippen molar-refractivity contribution in [1.82, 2.24) is 20.4 Å². The molecule has 28 heavy (non-hydrogen) atoms. The van der Waals surface area contributed by atoms with E-state index in [1.165, 1.54) is 4.88 Å². The molecule has 0 aromatic carbocycles. The first kappa shape index (κ1) is 22.8. The largest absolute Gasteiger partial charge is 0.383 e. The van der Waals surface area contributed by atoms with Crippen molar-refractivity contribution < 1.29 is 14.3 Å². The van der Waals surface area contributed by atoms with Crippen molar-refractivity contribution in [2.75, 3.05) is 59.5 Å². The first-order valence-corrected chi connectivity index (χ1v) is 10.7. The lowest BCUT2D eigenvalue weighted by Gasteiger charge is -2.35. The number of nitrogens with one attached hydrogen (secondary N) is 2. The van der Waals surface area contributed by atoms with E-state index in [4.69, 9.17) is 4.74 Å². The molecule has 2 N–H and O–H groups in total. The highest BCUT2D eigenvalue weighted by Gasteiger charge is 2.29. The molecule has 1 fully saturated rings. The summed E-state index contributed by atoms with van der Waals surface area (Å²) in [6.07, 6.45) is 0. The molecule has 1 aliphatic rings. The van der Waals surface area contributed by atoms with Crippen LogP contribution < -0.4 is 10.6 Å². The van der Waals surface area contributed by atoms with Crippen molar-refractivity contribution in [1.29, 1.82) is 0 Å². The molecule has 1 aromatic heterocycles. The van der Waals surface area contributed by atoms with E-state index in [9.17, 15) is 9.59 Å². The molecule has 1 unspecified atom stereocenters. The molecule has 8 heteroatoms. The fraction of sp³-hybridized carbons (Fsp3) is 0.700. The van der Waals surface area contributed by atoms with Crippen molar-refractivity contribution in [3.8, 4) is 0 Å². The molecule has 1 saturated heterocycles. The number of carbonyl (C=O) groups is 2. The Bertz CT molecular complexity index is 607. The highest BCUT2D eigenvalue weighted by Crippen LogP contribution is 2.35. The number of hydrogen-bond acceptors (Lipinski definition) is 6. The Morgan fingerprint density at radius 1 is 1.14 bits per heavy atom. The van der Waals surface area contributed by atoms with Gasteiger partial charge in [0.15, 0.2) is 0 Å². The van der Waals surface area contributed by atoms with Crippen LogP contribution in [-0.4, -0.2) is 81.1 Å². The second kappa shape index (κ2) is 10.9. The third-order valence-electron chi connectivity index (χ3n) is 4.83. The minimum atomic E-state index is -0.0462. The summed E-state index contributed by atoms with van der Waals surface area (Å²) < 4.78 is 4.93. The Morgan fingerprint density at radius 3 is 2.25 bits per heavy atom. The van der Waals surface area contributed by atoms with Gasteiger partial charge in [-0.3, -0.25) is 19.4 Å². The van der Waals surface area contributed by atoms with Gasteiger partial charge in [-0.1, -0.05) is 26.8 Å². The average molecular weight is 411 g/mol. The van der Waals surface area contributed by atoms with Crippen molar-refractivity contribution in [3.05, 3.63) is 22.4 Å². The minimum absolute atomic E-state index is 0.0112. The van der Waals surface area contributed by atoms with Gasteiger partial charge in [-0.2, -0.15) is 0 Å². The molecule has 1 aromatic rings. The monoisotopic (exact) mass is 410 g/mol. The number of carbonyl (C=O) groups excluding carboxylic acids is 2. The Morgan fingerprint density at radius 2 is 1.75 bits per heavy atom. The van der Waals surface area contributed by atoms with Gasteiger partial charge in [0.25, 0.3) is 0 Å². The van der Waals surface area contributed by atoms with Crippen LogP contribution in [0.3, 0.4) is 0 Å². The molecule has 2 heterocycles. The van der Waals surface area contributed by atoms with E-state index in [1.54, 1.807) is 18.4 Å². The number of rotatable bonds is 9. The van der Waals surface area contributed by atoms with Gasteiger partial charge in [0, 0.05) is 44.7 Å². The summed E-state index contributed by atoms with van der Waals surface area (Å²) in [5.41, 5.74) is -0.0462. The van der Waals surface area contributed by atoms with Crippen LogP contribution in [0.25, 0.3) is 0 Å². The summed E-state index contributed by atoms with van der Waals surface area (Å²) in [6, 6.07) is 4.12. The summed E-state index contributed by atoms with van der Waals surface area (Å²) in [7, 11) is 1.62. The van der Waals surface area contributed by atoms with Gasteiger partial charge >= 0.3 is 0 Å². The summed E-state index contributed by atoms with van der Waals surface area (Å²) in [6.45, 7) is 11.5. The summed E-state index contributed by atoms with van der Waals surface area (Å²) in [5.74, 6) is 0.0753. The predicted molar refractivity (Wildman–Crippen MR) is 112 cm³/mol. The molecular formula is C20H34N4O3S. The Hall–Kier alpha value is -1.48. The normalized spacial score (nSPS) is 17.3. The quantitative estimate of drug-likeness (QED) is 0.601. The van der Waals surface area contributed by atoms with Crippen molar-refractivity contribution in [2.24, 2.45) is 5.41 Å². The molecule has 0 bridgehead atoms. The number of ether oxygens (including phenoxy) is 1. The topological polar surface area (TPSA) is 73.9 Å². The van der Waals surface area contributed by atoms with Gasteiger partial charge in [0.2, 0.25) is 11.8 Å². The summed E-state index contributed by atoms with van der Waals surface area (Å²) in [5, 5.41) is 8.11. The fourth-order valence-electron chi connectivity index (χ4n) is 3.24. The fourth-order valence-corrected chi connectivity index (χ4v) is 4.26. The van der Waals surface area contributed by atoms with Gasteiger partial charge in [-0.15, -0.1) is 11.3 Å². The number of thiophene rings is 1. The second-order valence-corrected chi connectivity index (χ2v) is 9.26. The first-order valence-electron chi connectivity index (χ1n) is 9.82. The zero-order valence-electron chi connectivity index (χ0n) is 17.5. The number of piperazine rings is 1. The zero-order valence-corrected chi connectivity index (χ0v) is 18.3. The van der Waals surface area contributed by atoms with Gasteiger partial charge in [-0.25, -0.2) is 0 Å². The lowest BCUT2D eigenvalue weighted by molar-refractivity contribution is -0.125. The van der Waals surface area contributed by atoms with Crippen LogP contribution in [0, 0.1) is 5.41 Å². The summed E-state index contributed by atoms with van der Waals surface area (Å²) in [4.78, 5) is 30.0. The van der Waals surface area contributed by atoms with E-state index >= 15 is 0 Å². The maximum atomic E-state index is 12.6. The predicted octanol–water partition coefficient (Wildman–Crippen LogP) is 1.33. The van der Waals surface area contributed by atoms with E-state index in [1.807, 2.05) is 11.4 Å².